The Morgan fingerprint density at radius 1 is 1.17 bits per heavy atom. The molecule has 0 spiro atoms. The first-order valence-electron chi connectivity index (χ1n) is 10.0. The lowest BCUT2D eigenvalue weighted by atomic mass is 9.83. The molecule has 3 aromatic rings. The quantitative estimate of drug-likeness (QED) is 0.208. The number of hydrogen-bond acceptors (Lipinski definition) is 8. The number of rotatable bonds is 6. The zero-order valence-corrected chi connectivity index (χ0v) is 19.2. The molecule has 0 fully saturated rings. The molecule has 1 heterocycles. The summed E-state index contributed by atoms with van der Waals surface area (Å²) in [5.74, 6) is -0.910. The zero-order valence-electron chi connectivity index (χ0n) is 17.7. The van der Waals surface area contributed by atoms with Crippen molar-refractivity contribution in [1.29, 1.82) is 5.26 Å². The molecule has 2 N–H and O–H groups in total. The molecule has 0 aromatic heterocycles. The van der Waals surface area contributed by atoms with E-state index in [1.807, 2.05) is 6.07 Å². The minimum Gasteiger partial charge on any atom is -0.480 e. The van der Waals surface area contributed by atoms with E-state index >= 15 is 0 Å². The van der Waals surface area contributed by atoms with Crippen LogP contribution < -0.4 is 19.9 Å². The molecular weight excluding hydrogens is 497 g/mol. The number of non-ortho nitro benzene ring substituents is 1. The van der Waals surface area contributed by atoms with E-state index in [2.05, 4.69) is 0 Å². The van der Waals surface area contributed by atoms with E-state index in [-0.39, 0.29) is 39.4 Å². The molecule has 9 nitrogen and oxygen atoms in total. The predicted octanol–water partition coefficient (Wildman–Crippen LogP) is 5.10. The highest BCUT2D eigenvalue weighted by molar-refractivity contribution is 6.35. The monoisotopic (exact) mass is 511 g/mol. The van der Waals surface area contributed by atoms with Gasteiger partial charge < -0.3 is 19.9 Å². The molecule has 1 atom stereocenters. The number of carbonyl (C=O) groups excluding carboxylic acids is 1. The molecule has 0 radical (unpaired) electrons. The van der Waals surface area contributed by atoms with Crippen LogP contribution in [0.4, 0.5) is 5.69 Å². The number of nitrogens with two attached hydrogens (primary N) is 1. The minimum absolute atomic E-state index is 0.107. The summed E-state index contributed by atoms with van der Waals surface area (Å²) < 4.78 is 16.3. The lowest BCUT2D eigenvalue weighted by Gasteiger charge is -2.26. The van der Waals surface area contributed by atoms with Gasteiger partial charge in [-0.05, 0) is 29.8 Å². The van der Waals surface area contributed by atoms with Gasteiger partial charge in [0.15, 0.2) is 6.61 Å². The Labute approximate surface area is 209 Å². The number of fused-ring (bicyclic) bond motifs is 1. The van der Waals surface area contributed by atoms with Crippen molar-refractivity contribution >= 4 is 34.9 Å². The molecule has 0 bridgehead atoms. The van der Waals surface area contributed by atoms with Crippen molar-refractivity contribution in [2.24, 2.45) is 5.73 Å². The summed E-state index contributed by atoms with van der Waals surface area (Å²) in [7, 11) is 0. The molecule has 0 amide bonds. The lowest BCUT2D eigenvalue weighted by Crippen LogP contribution is -2.21. The molecule has 1 aliphatic heterocycles. The fraction of sp³-hybridized carbons (Fsp3) is 0.0833. The normalized spacial score (nSPS) is 14.4. The van der Waals surface area contributed by atoms with Crippen LogP contribution in [-0.4, -0.2) is 17.5 Å². The van der Waals surface area contributed by atoms with E-state index in [1.165, 1.54) is 42.5 Å². The molecule has 1 aliphatic rings. The molecule has 0 saturated carbocycles. The van der Waals surface area contributed by atoms with Crippen LogP contribution in [0.2, 0.25) is 10.0 Å². The van der Waals surface area contributed by atoms with Gasteiger partial charge in [-0.2, -0.15) is 5.26 Å². The van der Waals surface area contributed by atoms with Crippen LogP contribution >= 0.6 is 23.2 Å². The highest BCUT2D eigenvalue weighted by Crippen LogP contribution is 2.44. The van der Waals surface area contributed by atoms with Crippen LogP contribution in [0.3, 0.4) is 0 Å². The van der Waals surface area contributed by atoms with E-state index in [4.69, 9.17) is 43.1 Å². The summed E-state index contributed by atoms with van der Waals surface area (Å²) in [5, 5.41) is 21.6. The second-order valence-electron chi connectivity index (χ2n) is 7.31. The molecule has 176 valence electrons. The largest absolute Gasteiger partial charge is 0.480 e. The summed E-state index contributed by atoms with van der Waals surface area (Å²) in [6.45, 7) is -0.420. The molecule has 11 heteroatoms. The Hall–Kier alpha value is -4.26. The standard InChI is InChI=1S/C24H15Cl2N3O6/c25-14-4-7-20(19(26)9-14)33-12-22(30)34-16-5-6-17-21(10-16)35-24(28)18(11-27)23(17)13-2-1-3-15(8-13)29(31)32/h1-10,23H,12,28H2. The van der Waals surface area contributed by atoms with Crippen LogP contribution in [0.25, 0.3) is 0 Å². The number of allylic oxidation sites excluding steroid dienone is 1. The van der Waals surface area contributed by atoms with Gasteiger partial charge in [-0.25, -0.2) is 4.79 Å². The van der Waals surface area contributed by atoms with Gasteiger partial charge in [0, 0.05) is 28.8 Å². The maximum absolute atomic E-state index is 12.3. The number of nitro benzene ring substituents is 1. The van der Waals surface area contributed by atoms with Crippen LogP contribution in [0.1, 0.15) is 17.0 Å². The van der Waals surface area contributed by atoms with E-state index in [1.54, 1.807) is 18.2 Å². The van der Waals surface area contributed by atoms with Crippen molar-refractivity contribution in [3.05, 3.63) is 103 Å². The van der Waals surface area contributed by atoms with E-state index in [9.17, 15) is 20.2 Å². The van der Waals surface area contributed by atoms with Gasteiger partial charge >= 0.3 is 5.97 Å². The maximum Gasteiger partial charge on any atom is 0.349 e. The van der Waals surface area contributed by atoms with Crippen molar-refractivity contribution in [2.75, 3.05) is 6.61 Å². The SMILES string of the molecule is N#CC1=C(N)Oc2cc(OC(=O)COc3ccc(Cl)cc3Cl)ccc2C1c1cccc([N+](=O)[O-])c1. The Bertz CT molecular complexity index is 1420. The predicted molar refractivity (Wildman–Crippen MR) is 126 cm³/mol. The first kappa shape index (κ1) is 23.9. The van der Waals surface area contributed by atoms with E-state index in [0.717, 1.165) is 0 Å². The third-order valence-corrected chi connectivity index (χ3v) is 5.61. The van der Waals surface area contributed by atoms with E-state index in [0.29, 0.717) is 16.1 Å². The van der Waals surface area contributed by atoms with E-state index < -0.39 is 23.4 Å². The topological polar surface area (TPSA) is 138 Å². The minimum atomic E-state index is -0.705. The van der Waals surface area contributed by atoms with Gasteiger partial charge in [0.2, 0.25) is 5.88 Å². The lowest BCUT2D eigenvalue weighted by molar-refractivity contribution is -0.384. The number of nitro groups is 1. The van der Waals surface area contributed by atoms with Crippen molar-refractivity contribution in [3.8, 4) is 23.3 Å². The number of nitrogens with zero attached hydrogens (tertiary/aromatic N) is 2. The third kappa shape index (κ3) is 5.14. The highest BCUT2D eigenvalue weighted by Gasteiger charge is 2.32. The highest BCUT2D eigenvalue weighted by atomic mass is 35.5. The van der Waals surface area contributed by atoms with Gasteiger partial charge in [0.05, 0.1) is 15.9 Å². The average molecular weight is 512 g/mol. The fourth-order valence-electron chi connectivity index (χ4n) is 3.55. The summed E-state index contributed by atoms with van der Waals surface area (Å²) in [4.78, 5) is 23.0. The van der Waals surface area contributed by atoms with Crippen molar-refractivity contribution < 1.29 is 23.9 Å². The van der Waals surface area contributed by atoms with Crippen LogP contribution in [-0.2, 0) is 4.79 Å². The van der Waals surface area contributed by atoms with Crippen molar-refractivity contribution in [1.82, 2.24) is 0 Å². The zero-order chi connectivity index (χ0) is 25.1. The Kier molecular flexibility index (Phi) is 6.78. The fourth-order valence-corrected chi connectivity index (χ4v) is 4.01. The second-order valence-corrected chi connectivity index (χ2v) is 8.16. The summed E-state index contributed by atoms with van der Waals surface area (Å²) >= 11 is 11.9. The molecule has 0 saturated heterocycles. The molecule has 35 heavy (non-hydrogen) atoms. The third-order valence-electron chi connectivity index (χ3n) is 5.08. The Balaban J connectivity index is 1.57. The Morgan fingerprint density at radius 2 is 1.97 bits per heavy atom. The van der Waals surface area contributed by atoms with Crippen molar-refractivity contribution in [3.63, 3.8) is 0 Å². The summed E-state index contributed by atoms with van der Waals surface area (Å²) in [6.07, 6.45) is 0. The summed E-state index contributed by atoms with van der Waals surface area (Å²) in [6, 6.07) is 17.1. The molecular formula is C24H15Cl2N3O6. The first-order chi connectivity index (χ1) is 16.8. The van der Waals surface area contributed by atoms with Crippen LogP contribution in [0.15, 0.2) is 72.1 Å². The average Bonchev–Trinajstić information content (AvgIpc) is 2.82. The van der Waals surface area contributed by atoms with Crippen LogP contribution in [0.5, 0.6) is 17.2 Å². The molecule has 1 unspecified atom stereocenters. The number of ether oxygens (including phenoxy) is 3. The van der Waals surface area contributed by atoms with Crippen molar-refractivity contribution in [2.45, 2.75) is 5.92 Å². The molecule has 4 rings (SSSR count). The van der Waals surface area contributed by atoms with Gasteiger partial charge in [0.25, 0.3) is 5.69 Å². The van der Waals surface area contributed by atoms with Crippen LogP contribution in [0, 0.1) is 21.4 Å². The summed E-state index contributed by atoms with van der Waals surface area (Å²) in [5.41, 5.74) is 6.97. The number of esters is 1. The Morgan fingerprint density at radius 3 is 2.69 bits per heavy atom. The molecule has 0 aliphatic carbocycles. The number of nitriles is 1. The smallest absolute Gasteiger partial charge is 0.349 e. The van der Waals surface area contributed by atoms with Gasteiger partial charge in [-0.1, -0.05) is 41.4 Å². The number of halogens is 2. The number of hydrogen-bond donors (Lipinski definition) is 1. The molecule has 3 aromatic carbocycles. The number of carbonyl (C=O) groups is 1. The van der Waals surface area contributed by atoms with Gasteiger partial charge in [-0.3, -0.25) is 10.1 Å². The maximum atomic E-state index is 12.3. The first-order valence-corrected chi connectivity index (χ1v) is 10.8. The van der Waals surface area contributed by atoms with Gasteiger partial charge in [-0.15, -0.1) is 0 Å². The van der Waals surface area contributed by atoms with Gasteiger partial charge in [0.1, 0.15) is 28.9 Å². The second kappa shape index (κ2) is 9.93. The number of benzene rings is 3.